The van der Waals surface area contributed by atoms with E-state index < -0.39 is 0 Å². The summed E-state index contributed by atoms with van der Waals surface area (Å²) in [5, 5.41) is 0. The highest BCUT2D eigenvalue weighted by molar-refractivity contribution is 6.03. The minimum atomic E-state index is 0.0775. The molecule has 0 bridgehead atoms. The fourth-order valence-electron chi connectivity index (χ4n) is 4.07. The largest absolute Gasteiger partial charge is 0.398 e. The molecule has 3 rings (SSSR count). The van der Waals surface area contributed by atoms with Crippen molar-refractivity contribution in [1.29, 1.82) is 0 Å². The summed E-state index contributed by atoms with van der Waals surface area (Å²) in [6, 6.07) is 4.80. The molecule has 1 aliphatic heterocycles. The Morgan fingerprint density at radius 2 is 1.95 bits per heavy atom. The second-order valence-corrected chi connectivity index (χ2v) is 6.84. The van der Waals surface area contributed by atoms with Crippen LogP contribution in [0.3, 0.4) is 0 Å². The third kappa shape index (κ3) is 2.50. The van der Waals surface area contributed by atoms with Gasteiger partial charge < -0.3 is 15.5 Å². The molecule has 0 aromatic heterocycles. The Kier molecular flexibility index (Phi) is 4.13. The summed E-state index contributed by atoms with van der Waals surface area (Å²) < 4.78 is 0. The van der Waals surface area contributed by atoms with Crippen molar-refractivity contribution in [1.82, 2.24) is 9.80 Å². The van der Waals surface area contributed by atoms with Crippen LogP contribution in [0.4, 0.5) is 5.69 Å². The normalized spacial score (nSPS) is 24.9. The first-order valence-electron chi connectivity index (χ1n) is 8.39. The van der Waals surface area contributed by atoms with Gasteiger partial charge in [-0.25, -0.2) is 0 Å². The standard InChI is InChI=1S/C18H27N3O/c1-4-20(2)13-7-5-12(6-8-13)14-9-10-16(19)17-15(14)11-21(3)18(17)22/h9-10,12-13H,4-8,11,19H2,1-3H3. The van der Waals surface area contributed by atoms with E-state index in [0.29, 0.717) is 24.2 Å². The molecule has 1 fully saturated rings. The summed E-state index contributed by atoms with van der Waals surface area (Å²) in [5.41, 5.74) is 9.98. The van der Waals surface area contributed by atoms with E-state index in [1.807, 2.05) is 13.1 Å². The molecular weight excluding hydrogens is 274 g/mol. The molecule has 4 nitrogen and oxygen atoms in total. The molecule has 22 heavy (non-hydrogen) atoms. The average molecular weight is 301 g/mol. The summed E-state index contributed by atoms with van der Waals surface area (Å²) in [5.74, 6) is 0.656. The summed E-state index contributed by atoms with van der Waals surface area (Å²) in [4.78, 5) is 16.5. The monoisotopic (exact) mass is 301 g/mol. The maximum Gasteiger partial charge on any atom is 0.256 e. The SMILES string of the molecule is CCN(C)C1CCC(c2ccc(N)c3c2CN(C)C3=O)CC1. The van der Waals surface area contributed by atoms with Crippen LogP contribution in [0.1, 0.15) is 60.0 Å². The van der Waals surface area contributed by atoms with Crippen molar-refractivity contribution in [2.45, 2.75) is 51.1 Å². The third-order valence-electron chi connectivity index (χ3n) is 5.60. The number of fused-ring (bicyclic) bond motifs is 1. The van der Waals surface area contributed by atoms with Gasteiger partial charge in [-0.2, -0.15) is 0 Å². The molecule has 120 valence electrons. The van der Waals surface area contributed by atoms with Crippen molar-refractivity contribution >= 4 is 11.6 Å². The van der Waals surface area contributed by atoms with E-state index in [4.69, 9.17) is 5.73 Å². The first-order valence-corrected chi connectivity index (χ1v) is 8.39. The Balaban J connectivity index is 1.82. The number of benzene rings is 1. The van der Waals surface area contributed by atoms with Gasteiger partial charge in [-0.1, -0.05) is 13.0 Å². The number of amides is 1. The molecule has 1 saturated carbocycles. The highest BCUT2D eigenvalue weighted by atomic mass is 16.2. The van der Waals surface area contributed by atoms with Crippen LogP contribution in [-0.2, 0) is 6.54 Å². The average Bonchev–Trinajstić information content (AvgIpc) is 2.83. The Labute approximate surface area is 133 Å². The molecule has 0 atom stereocenters. The molecular formula is C18H27N3O. The minimum absolute atomic E-state index is 0.0775. The molecule has 4 heteroatoms. The first-order chi connectivity index (χ1) is 10.5. The quantitative estimate of drug-likeness (QED) is 0.873. The van der Waals surface area contributed by atoms with Crippen molar-refractivity contribution < 1.29 is 4.79 Å². The lowest BCUT2D eigenvalue weighted by Gasteiger charge is -2.35. The van der Waals surface area contributed by atoms with Gasteiger partial charge in [0.2, 0.25) is 0 Å². The maximum absolute atomic E-state index is 12.3. The third-order valence-corrected chi connectivity index (χ3v) is 5.60. The molecule has 2 aliphatic rings. The number of nitrogens with two attached hydrogens (primary N) is 1. The number of rotatable bonds is 3. The first kappa shape index (κ1) is 15.3. The van der Waals surface area contributed by atoms with Crippen molar-refractivity contribution in [2.75, 3.05) is 26.4 Å². The number of carbonyl (C=O) groups excluding carboxylic acids is 1. The summed E-state index contributed by atoms with van der Waals surface area (Å²) in [6.07, 6.45) is 4.92. The minimum Gasteiger partial charge on any atom is -0.398 e. The number of hydrogen-bond donors (Lipinski definition) is 1. The smallest absolute Gasteiger partial charge is 0.256 e. The zero-order valence-electron chi connectivity index (χ0n) is 13.9. The van der Waals surface area contributed by atoms with Crippen molar-refractivity contribution in [3.63, 3.8) is 0 Å². The van der Waals surface area contributed by atoms with E-state index in [0.717, 1.165) is 12.1 Å². The lowest BCUT2D eigenvalue weighted by molar-refractivity contribution is 0.0817. The zero-order chi connectivity index (χ0) is 15.9. The van der Waals surface area contributed by atoms with Gasteiger partial charge in [0, 0.05) is 25.3 Å². The molecule has 2 N–H and O–H groups in total. The molecule has 0 spiro atoms. The Morgan fingerprint density at radius 3 is 2.59 bits per heavy atom. The van der Waals surface area contributed by atoms with Gasteiger partial charge in [0.15, 0.2) is 0 Å². The molecule has 1 heterocycles. The molecule has 0 saturated heterocycles. The van der Waals surface area contributed by atoms with Crippen LogP contribution < -0.4 is 5.73 Å². The van der Waals surface area contributed by atoms with E-state index in [1.54, 1.807) is 4.90 Å². The fourth-order valence-corrected chi connectivity index (χ4v) is 4.07. The second kappa shape index (κ2) is 5.92. The lowest BCUT2D eigenvalue weighted by Crippen LogP contribution is -2.34. The Morgan fingerprint density at radius 1 is 1.27 bits per heavy atom. The number of anilines is 1. The van der Waals surface area contributed by atoms with Crippen LogP contribution in [0, 0.1) is 0 Å². The van der Waals surface area contributed by atoms with Crippen LogP contribution >= 0.6 is 0 Å². The predicted molar refractivity (Wildman–Crippen MR) is 90.0 cm³/mol. The van der Waals surface area contributed by atoms with Gasteiger partial charge in [0.1, 0.15) is 0 Å². The lowest BCUT2D eigenvalue weighted by atomic mass is 9.79. The van der Waals surface area contributed by atoms with Crippen molar-refractivity contribution in [3.05, 3.63) is 28.8 Å². The topological polar surface area (TPSA) is 49.6 Å². The zero-order valence-corrected chi connectivity index (χ0v) is 13.9. The van der Waals surface area contributed by atoms with E-state index in [9.17, 15) is 4.79 Å². The number of nitrogens with zero attached hydrogens (tertiary/aromatic N) is 2. The highest BCUT2D eigenvalue weighted by Crippen LogP contribution is 2.40. The van der Waals surface area contributed by atoms with E-state index >= 15 is 0 Å². The van der Waals surface area contributed by atoms with Crippen LogP contribution in [0.25, 0.3) is 0 Å². The maximum atomic E-state index is 12.3. The van der Waals surface area contributed by atoms with Crippen molar-refractivity contribution in [3.8, 4) is 0 Å². The second-order valence-electron chi connectivity index (χ2n) is 6.84. The Hall–Kier alpha value is -1.55. The molecule has 1 aliphatic carbocycles. The molecule has 0 unspecified atom stereocenters. The van der Waals surface area contributed by atoms with Gasteiger partial charge in [0.05, 0.1) is 5.56 Å². The van der Waals surface area contributed by atoms with Crippen LogP contribution in [-0.4, -0.2) is 42.4 Å². The Bertz CT molecular complexity index is 576. The summed E-state index contributed by atoms with van der Waals surface area (Å²) in [6.45, 7) is 4.05. The summed E-state index contributed by atoms with van der Waals surface area (Å²) >= 11 is 0. The predicted octanol–water partition coefficient (Wildman–Crippen LogP) is 2.83. The van der Waals surface area contributed by atoms with Crippen LogP contribution in [0.2, 0.25) is 0 Å². The number of carbonyl (C=O) groups is 1. The molecule has 0 radical (unpaired) electrons. The number of nitrogen functional groups attached to an aromatic ring is 1. The fraction of sp³-hybridized carbons (Fsp3) is 0.611. The van der Waals surface area contributed by atoms with Gasteiger partial charge in [-0.3, -0.25) is 4.79 Å². The molecule has 1 aromatic rings. The van der Waals surface area contributed by atoms with Crippen molar-refractivity contribution in [2.24, 2.45) is 0 Å². The van der Waals surface area contributed by atoms with E-state index in [-0.39, 0.29) is 5.91 Å². The van der Waals surface area contributed by atoms with Crippen LogP contribution in [0.15, 0.2) is 12.1 Å². The highest BCUT2D eigenvalue weighted by Gasteiger charge is 2.32. The van der Waals surface area contributed by atoms with Gasteiger partial charge in [-0.05, 0) is 62.4 Å². The molecule has 1 amide bonds. The van der Waals surface area contributed by atoms with Gasteiger partial charge >= 0.3 is 0 Å². The number of hydrogen-bond acceptors (Lipinski definition) is 3. The summed E-state index contributed by atoms with van der Waals surface area (Å²) in [7, 11) is 4.08. The van der Waals surface area contributed by atoms with Gasteiger partial charge in [-0.15, -0.1) is 0 Å². The van der Waals surface area contributed by atoms with Crippen LogP contribution in [0.5, 0.6) is 0 Å². The van der Waals surface area contributed by atoms with E-state index in [2.05, 4.69) is 24.9 Å². The van der Waals surface area contributed by atoms with E-state index in [1.165, 1.54) is 36.8 Å². The van der Waals surface area contributed by atoms with Gasteiger partial charge in [0.25, 0.3) is 5.91 Å². The molecule has 1 aromatic carbocycles.